The molecule has 3 heteroatoms. The Morgan fingerprint density at radius 3 is 2.00 bits per heavy atom. The highest BCUT2D eigenvalue weighted by molar-refractivity contribution is 5.83. The number of hydrogen-bond acceptors (Lipinski definition) is 2. The van der Waals surface area contributed by atoms with E-state index in [2.05, 4.69) is 7.05 Å². The lowest BCUT2D eigenvalue weighted by atomic mass is 10.1. The minimum atomic E-state index is -0.0775. The predicted molar refractivity (Wildman–Crippen MR) is 30.2 cm³/mol. The van der Waals surface area contributed by atoms with Crippen molar-refractivity contribution in [2.75, 3.05) is 0 Å². The molecule has 0 aromatic carbocycles. The number of quaternary nitrogens is 1. The first-order valence-corrected chi connectivity index (χ1v) is 2.97. The zero-order chi connectivity index (χ0) is 6.85. The molecule has 50 valence electrons. The van der Waals surface area contributed by atoms with Gasteiger partial charge in [-0.15, -0.1) is 7.05 Å². The maximum absolute atomic E-state index is 10.7. The van der Waals surface area contributed by atoms with E-state index in [-0.39, 0.29) is 16.7 Å². The average Bonchev–Trinajstić information content (AvgIpc) is 1.83. The molecule has 3 nitrogen and oxygen atoms in total. The van der Waals surface area contributed by atoms with E-state index >= 15 is 0 Å². The summed E-state index contributed by atoms with van der Waals surface area (Å²) in [4.78, 5) is 21.6. The summed E-state index contributed by atoms with van der Waals surface area (Å²) >= 11 is 0. The minimum Gasteiger partial charge on any atom is -0.341 e. The first-order chi connectivity index (χ1) is 4.22. The number of piperidine rings is 1. The van der Waals surface area contributed by atoms with Crippen molar-refractivity contribution in [3.05, 3.63) is 7.05 Å². The maximum atomic E-state index is 10.7. The monoisotopic (exact) mass is 127 g/mol. The van der Waals surface area contributed by atoms with Gasteiger partial charge in [0.25, 0.3) is 11.8 Å². The molecule has 0 atom stereocenters. The Hall–Kier alpha value is -0.700. The number of amides is 2. The fourth-order valence-electron chi connectivity index (χ4n) is 0.867. The van der Waals surface area contributed by atoms with E-state index in [9.17, 15) is 9.59 Å². The molecule has 0 bridgehead atoms. The molecule has 0 aromatic heterocycles. The number of likely N-dealkylation sites (tertiary alicyclic amines) is 1. The van der Waals surface area contributed by atoms with Gasteiger partial charge >= 0.3 is 0 Å². The molecule has 0 spiro atoms. The molecule has 1 aliphatic heterocycles. The van der Waals surface area contributed by atoms with Crippen LogP contribution >= 0.6 is 0 Å². The predicted octanol–water partition coefficient (Wildman–Crippen LogP) is -1.10. The molecule has 0 radical (unpaired) electrons. The van der Waals surface area contributed by atoms with E-state index in [0.29, 0.717) is 19.3 Å². The highest BCUT2D eigenvalue weighted by Crippen LogP contribution is 1.96. The smallest absolute Gasteiger partial charge is 0.293 e. The second-order valence-corrected chi connectivity index (χ2v) is 2.18. The van der Waals surface area contributed by atoms with Gasteiger partial charge in [0.1, 0.15) is 0 Å². The summed E-state index contributed by atoms with van der Waals surface area (Å²) in [7, 11) is 3.38. The standard InChI is InChI=1S/C6H9NO2/c1-7-5(8)3-2-4-6(7)9/h7H,1-4H2. The summed E-state index contributed by atoms with van der Waals surface area (Å²) in [6, 6.07) is 0. The number of carbonyl (C=O) groups is 2. The lowest BCUT2D eigenvalue weighted by Gasteiger charge is -2.19. The molecule has 0 unspecified atom stereocenters. The van der Waals surface area contributed by atoms with Crippen LogP contribution in [0.15, 0.2) is 0 Å². The van der Waals surface area contributed by atoms with Crippen molar-refractivity contribution < 1.29 is 14.5 Å². The number of hydrogen-bond donors (Lipinski definition) is 1. The van der Waals surface area contributed by atoms with Crippen molar-refractivity contribution in [2.45, 2.75) is 19.3 Å². The Labute approximate surface area is 53.6 Å². The Kier molecular flexibility index (Phi) is 1.62. The molecule has 1 fully saturated rings. The van der Waals surface area contributed by atoms with E-state index in [1.807, 2.05) is 0 Å². The number of nitrogens with one attached hydrogen (secondary N) is 1. The SMILES string of the molecule is [CH2-][NH+]1C(=O)CCCC1=O. The van der Waals surface area contributed by atoms with Crippen LogP contribution in [0.1, 0.15) is 19.3 Å². The van der Waals surface area contributed by atoms with Crippen molar-refractivity contribution in [3.8, 4) is 0 Å². The normalized spacial score (nSPS) is 22.8. The summed E-state index contributed by atoms with van der Waals surface area (Å²) in [5.41, 5.74) is 0. The van der Waals surface area contributed by atoms with E-state index < -0.39 is 0 Å². The van der Waals surface area contributed by atoms with Crippen LogP contribution < -0.4 is 4.90 Å². The first-order valence-electron chi connectivity index (χ1n) is 2.97. The topological polar surface area (TPSA) is 38.6 Å². The molecule has 2 amide bonds. The van der Waals surface area contributed by atoms with Crippen LogP contribution in [0.2, 0.25) is 0 Å². The first kappa shape index (κ1) is 6.42. The third-order valence-corrected chi connectivity index (χ3v) is 1.48. The van der Waals surface area contributed by atoms with Crippen molar-refractivity contribution in [2.24, 2.45) is 0 Å². The molecule has 1 rings (SSSR count). The van der Waals surface area contributed by atoms with Gasteiger partial charge in [0.2, 0.25) is 0 Å². The van der Waals surface area contributed by atoms with E-state index in [1.165, 1.54) is 0 Å². The molecule has 0 saturated carbocycles. The Morgan fingerprint density at radius 1 is 1.22 bits per heavy atom. The lowest BCUT2D eigenvalue weighted by Crippen LogP contribution is -3.13. The molecule has 1 heterocycles. The summed E-state index contributed by atoms with van der Waals surface area (Å²) in [6.07, 6.45) is 1.71. The van der Waals surface area contributed by atoms with Gasteiger partial charge < -0.3 is 4.90 Å². The molecule has 9 heavy (non-hydrogen) atoms. The third-order valence-electron chi connectivity index (χ3n) is 1.48. The van der Waals surface area contributed by atoms with Gasteiger partial charge in [0, 0.05) is 0 Å². The maximum Gasteiger partial charge on any atom is 0.293 e. The second kappa shape index (κ2) is 2.27. The summed E-state index contributed by atoms with van der Waals surface area (Å²) < 4.78 is 0. The molecular formula is C6H9NO2. The van der Waals surface area contributed by atoms with Gasteiger partial charge in [0.15, 0.2) is 0 Å². The van der Waals surface area contributed by atoms with E-state index in [4.69, 9.17) is 0 Å². The highest BCUT2D eigenvalue weighted by atomic mass is 16.2. The van der Waals surface area contributed by atoms with Crippen LogP contribution in [0, 0.1) is 7.05 Å². The molecule has 0 aromatic rings. The van der Waals surface area contributed by atoms with Crippen molar-refractivity contribution in [1.82, 2.24) is 0 Å². The summed E-state index contributed by atoms with van der Waals surface area (Å²) in [6.45, 7) is 0. The fourth-order valence-corrected chi connectivity index (χ4v) is 0.867. The van der Waals surface area contributed by atoms with Crippen molar-refractivity contribution >= 4 is 11.8 Å². The molecule has 1 saturated heterocycles. The van der Waals surface area contributed by atoms with Gasteiger partial charge in [-0.1, -0.05) is 0 Å². The van der Waals surface area contributed by atoms with Gasteiger partial charge in [0.05, 0.1) is 12.8 Å². The van der Waals surface area contributed by atoms with Gasteiger partial charge in [-0.25, -0.2) is 9.59 Å². The largest absolute Gasteiger partial charge is 0.341 e. The van der Waals surface area contributed by atoms with Gasteiger partial charge in [-0.2, -0.15) is 0 Å². The minimum absolute atomic E-state index is 0.0775. The lowest BCUT2D eigenvalue weighted by molar-refractivity contribution is -0.690. The summed E-state index contributed by atoms with van der Waals surface area (Å²) in [5.74, 6) is -0.155. The van der Waals surface area contributed by atoms with E-state index in [0.717, 1.165) is 0 Å². The zero-order valence-corrected chi connectivity index (χ0v) is 5.14. The molecule has 1 N–H and O–H groups in total. The Bertz CT molecular complexity index is 137. The Balaban J connectivity index is 2.62. The molecular weight excluding hydrogens is 118 g/mol. The second-order valence-electron chi connectivity index (χ2n) is 2.18. The Morgan fingerprint density at radius 2 is 1.67 bits per heavy atom. The van der Waals surface area contributed by atoms with E-state index in [1.54, 1.807) is 0 Å². The van der Waals surface area contributed by atoms with Crippen molar-refractivity contribution in [3.63, 3.8) is 0 Å². The van der Waals surface area contributed by atoms with Crippen molar-refractivity contribution in [1.29, 1.82) is 0 Å². The molecule has 0 aliphatic carbocycles. The zero-order valence-electron chi connectivity index (χ0n) is 5.14. The van der Waals surface area contributed by atoms with Gasteiger partial charge in [-0.05, 0) is 6.42 Å². The third kappa shape index (κ3) is 1.16. The van der Waals surface area contributed by atoms with Crippen LogP contribution in [0.3, 0.4) is 0 Å². The quantitative estimate of drug-likeness (QED) is 0.331. The number of rotatable bonds is 0. The van der Waals surface area contributed by atoms with Crippen LogP contribution in [0.4, 0.5) is 0 Å². The average molecular weight is 127 g/mol. The van der Waals surface area contributed by atoms with Crippen LogP contribution in [0.5, 0.6) is 0 Å². The van der Waals surface area contributed by atoms with Crippen LogP contribution in [0.25, 0.3) is 0 Å². The molecule has 1 aliphatic rings. The number of carbonyl (C=O) groups excluding carboxylic acids is 2. The highest BCUT2D eigenvalue weighted by Gasteiger charge is 2.22. The fraction of sp³-hybridized carbons (Fsp3) is 0.500. The van der Waals surface area contributed by atoms with Crippen LogP contribution in [-0.4, -0.2) is 11.8 Å². The van der Waals surface area contributed by atoms with Crippen LogP contribution in [-0.2, 0) is 9.59 Å². The van der Waals surface area contributed by atoms with Gasteiger partial charge in [-0.3, -0.25) is 0 Å². The summed E-state index contributed by atoms with van der Waals surface area (Å²) in [5, 5.41) is 0. The number of imide groups is 1.